The van der Waals surface area contributed by atoms with Crippen molar-refractivity contribution in [2.75, 3.05) is 13.7 Å². The molecule has 0 bridgehead atoms. The molecule has 0 spiro atoms. The van der Waals surface area contributed by atoms with Crippen molar-refractivity contribution in [2.24, 2.45) is 5.73 Å². The second-order valence-electron chi connectivity index (χ2n) is 5.50. The Kier molecular flexibility index (Phi) is 3.90. The van der Waals surface area contributed by atoms with E-state index in [2.05, 4.69) is 4.98 Å². The molecule has 0 fully saturated rings. The lowest BCUT2D eigenvalue weighted by atomic mass is 10.2. The minimum atomic E-state index is -0.762. The van der Waals surface area contributed by atoms with Crippen LogP contribution in [0.25, 0.3) is 16.7 Å². The highest BCUT2D eigenvalue weighted by Gasteiger charge is 2.15. The molecule has 1 amide bonds. The van der Waals surface area contributed by atoms with Crippen LogP contribution in [0.2, 0.25) is 0 Å². The zero-order valence-electron chi connectivity index (χ0n) is 13.4. The van der Waals surface area contributed by atoms with E-state index in [4.69, 9.17) is 15.9 Å². The third-order valence-electron chi connectivity index (χ3n) is 3.84. The molecule has 0 aliphatic carbocycles. The largest absolute Gasteiger partial charge is 0.383 e. The minimum Gasteiger partial charge on any atom is -0.383 e. The summed E-state index contributed by atoms with van der Waals surface area (Å²) in [6.07, 6.45) is 1.68. The van der Waals surface area contributed by atoms with Gasteiger partial charge in [0.05, 0.1) is 17.6 Å². The van der Waals surface area contributed by atoms with Crippen LogP contribution in [0.4, 0.5) is 0 Å². The Bertz CT molecular complexity index is 1080. The molecule has 124 valence electrons. The molecule has 0 unspecified atom stereocenters. The van der Waals surface area contributed by atoms with E-state index >= 15 is 0 Å². The molecule has 0 aliphatic heterocycles. The molecule has 3 N–H and O–H groups in total. The van der Waals surface area contributed by atoms with Gasteiger partial charge in [0.2, 0.25) is 0 Å². The molecule has 0 atom stereocenters. The van der Waals surface area contributed by atoms with Crippen molar-refractivity contribution < 1.29 is 9.53 Å². The lowest BCUT2D eigenvalue weighted by Gasteiger charge is -2.13. The minimum absolute atomic E-state index is 0.0230. The number of fused-ring (bicyclic) bond motifs is 2. The van der Waals surface area contributed by atoms with E-state index in [9.17, 15) is 9.59 Å². The van der Waals surface area contributed by atoms with Crippen LogP contribution >= 0.6 is 0 Å². The Morgan fingerprint density at radius 3 is 2.83 bits per heavy atom. The van der Waals surface area contributed by atoms with Crippen molar-refractivity contribution in [3.05, 3.63) is 51.4 Å². The number of carbonyl (C=O) groups is 1. The van der Waals surface area contributed by atoms with Gasteiger partial charge in [-0.3, -0.25) is 19.4 Å². The lowest BCUT2D eigenvalue weighted by Crippen LogP contribution is -2.33. The number of primary amides is 1. The van der Waals surface area contributed by atoms with Crippen molar-refractivity contribution in [3.8, 4) is 0 Å². The molecular weight excluding hydrogens is 310 g/mol. The summed E-state index contributed by atoms with van der Waals surface area (Å²) in [5, 5.41) is 8.44. The van der Waals surface area contributed by atoms with Gasteiger partial charge < -0.3 is 15.0 Å². The van der Waals surface area contributed by atoms with Gasteiger partial charge in [-0.1, -0.05) is 6.07 Å². The second kappa shape index (κ2) is 5.89. The average Bonchev–Trinajstić information content (AvgIpc) is 2.54. The molecule has 3 aromatic rings. The van der Waals surface area contributed by atoms with Crippen molar-refractivity contribution in [2.45, 2.75) is 13.5 Å². The van der Waals surface area contributed by atoms with Gasteiger partial charge >= 0.3 is 0 Å². The van der Waals surface area contributed by atoms with Gasteiger partial charge in [0.1, 0.15) is 16.8 Å². The van der Waals surface area contributed by atoms with Gasteiger partial charge in [-0.05, 0) is 24.6 Å². The summed E-state index contributed by atoms with van der Waals surface area (Å²) < 4.78 is 7.95. The maximum absolute atomic E-state index is 12.8. The molecule has 24 heavy (non-hydrogen) atoms. The SMILES string of the molecule is COCCn1c(=N)c(C(N)=O)cc2c(=O)n3cc(C)ccc3nc21. The van der Waals surface area contributed by atoms with E-state index in [1.54, 1.807) is 12.3 Å². The van der Waals surface area contributed by atoms with Gasteiger partial charge in [0, 0.05) is 19.9 Å². The Labute approximate surface area is 136 Å². The van der Waals surface area contributed by atoms with E-state index < -0.39 is 5.91 Å². The maximum atomic E-state index is 12.8. The number of pyridine rings is 2. The van der Waals surface area contributed by atoms with E-state index in [0.717, 1.165) is 5.56 Å². The number of aryl methyl sites for hydroxylation is 1. The first kappa shape index (κ1) is 15.9. The van der Waals surface area contributed by atoms with Crippen LogP contribution in [0.1, 0.15) is 15.9 Å². The summed E-state index contributed by atoms with van der Waals surface area (Å²) in [5.74, 6) is -0.762. The number of nitrogens with zero attached hydrogens (tertiary/aromatic N) is 3. The second-order valence-corrected chi connectivity index (χ2v) is 5.50. The summed E-state index contributed by atoms with van der Waals surface area (Å²) in [7, 11) is 1.53. The molecule has 0 radical (unpaired) electrons. The third kappa shape index (κ3) is 2.46. The summed E-state index contributed by atoms with van der Waals surface area (Å²) in [4.78, 5) is 29.0. The predicted octanol–water partition coefficient (Wildman–Crippen LogP) is 0.182. The Hall–Kier alpha value is -3.00. The van der Waals surface area contributed by atoms with Crippen molar-refractivity contribution in [1.82, 2.24) is 14.0 Å². The Balaban J connectivity index is 2.50. The van der Waals surface area contributed by atoms with Crippen LogP contribution in [0.3, 0.4) is 0 Å². The molecule has 8 heteroatoms. The highest BCUT2D eigenvalue weighted by Crippen LogP contribution is 2.11. The van der Waals surface area contributed by atoms with E-state index in [1.807, 2.05) is 13.0 Å². The molecular formula is C16H17N5O3. The number of carbonyl (C=O) groups excluding carboxylic acids is 1. The van der Waals surface area contributed by atoms with Crippen molar-refractivity contribution >= 4 is 22.6 Å². The van der Waals surface area contributed by atoms with Crippen LogP contribution in [-0.4, -0.2) is 33.6 Å². The standard InChI is InChI=1S/C16H17N5O3/c1-9-3-4-12-19-15-11(16(23)21(12)8-9)7-10(14(18)22)13(17)20(15)5-6-24-2/h3-4,7-8,17H,5-6H2,1-2H3,(H2,18,22). The summed E-state index contributed by atoms with van der Waals surface area (Å²) >= 11 is 0. The fraction of sp³-hybridized carbons (Fsp3) is 0.250. The third-order valence-corrected chi connectivity index (χ3v) is 3.84. The van der Waals surface area contributed by atoms with E-state index in [1.165, 1.54) is 22.1 Å². The van der Waals surface area contributed by atoms with E-state index in [-0.39, 0.29) is 28.5 Å². The molecule has 8 nitrogen and oxygen atoms in total. The van der Waals surface area contributed by atoms with Gasteiger partial charge in [-0.25, -0.2) is 4.98 Å². The number of aromatic nitrogens is 3. The number of rotatable bonds is 4. The predicted molar refractivity (Wildman–Crippen MR) is 87.9 cm³/mol. The number of amides is 1. The zero-order chi connectivity index (χ0) is 17.4. The Morgan fingerprint density at radius 1 is 1.42 bits per heavy atom. The smallest absolute Gasteiger partial charge is 0.267 e. The van der Waals surface area contributed by atoms with Crippen LogP contribution in [0.5, 0.6) is 0 Å². The Morgan fingerprint density at radius 2 is 2.17 bits per heavy atom. The maximum Gasteiger partial charge on any atom is 0.267 e. The van der Waals surface area contributed by atoms with Gasteiger partial charge in [-0.2, -0.15) is 0 Å². The van der Waals surface area contributed by atoms with Gasteiger partial charge in [0.25, 0.3) is 11.5 Å². The normalized spacial score (nSPS) is 11.2. The molecule has 3 rings (SSSR count). The summed E-state index contributed by atoms with van der Waals surface area (Å²) in [6, 6.07) is 4.93. The molecule has 0 saturated heterocycles. The number of nitrogens with one attached hydrogen (secondary N) is 1. The lowest BCUT2D eigenvalue weighted by molar-refractivity contribution is 0.0997. The number of hydrogen-bond acceptors (Lipinski definition) is 5. The number of ether oxygens (including phenoxy) is 1. The van der Waals surface area contributed by atoms with Crippen LogP contribution in [0.15, 0.2) is 29.2 Å². The average molecular weight is 327 g/mol. The summed E-state index contributed by atoms with van der Waals surface area (Å²) in [6.45, 7) is 2.46. The fourth-order valence-corrected chi connectivity index (χ4v) is 2.63. The quantitative estimate of drug-likeness (QED) is 0.665. The monoisotopic (exact) mass is 327 g/mol. The number of hydrogen-bond donors (Lipinski definition) is 2. The first-order chi connectivity index (χ1) is 11.4. The molecule has 3 aromatic heterocycles. The van der Waals surface area contributed by atoms with Crippen molar-refractivity contribution in [1.29, 1.82) is 5.41 Å². The molecule has 0 aromatic carbocycles. The first-order valence-corrected chi connectivity index (χ1v) is 7.34. The van der Waals surface area contributed by atoms with Crippen LogP contribution in [-0.2, 0) is 11.3 Å². The van der Waals surface area contributed by atoms with E-state index in [0.29, 0.717) is 17.9 Å². The zero-order valence-corrected chi connectivity index (χ0v) is 13.4. The van der Waals surface area contributed by atoms with Gasteiger partial charge in [0.15, 0.2) is 0 Å². The van der Waals surface area contributed by atoms with Crippen LogP contribution in [0, 0.1) is 12.3 Å². The van der Waals surface area contributed by atoms with Gasteiger partial charge in [-0.15, -0.1) is 0 Å². The topological polar surface area (TPSA) is 115 Å². The fourth-order valence-electron chi connectivity index (χ4n) is 2.63. The highest BCUT2D eigenvalue weighted by molar-refractivity contribution is 5.95. The first-order valence-electron chi connectivity index (χ1n) is 7.34. The molecule has 0 saturated carbocycles. The highest BCUT2D eigenvalue weighted by atomic mass is 16.5. The van der Waals surface area contributed by atoms with Crippen molar-refractivity contribution in [3.63, 3.8) is 0 Å². The molecule has 3 heterocycles. The number of methoxy groups -OCH3 is 1. The molecule has 0 aliphatic rings. The van der Waals surface area contributed by atoms with Crippen LogP contribution < -0.4 is 16.8 Å². The summed E-state index contributed by atoms with van der Waals surface area (Å²) in [5.41, 5.74) is 6.64. The number of nitrogens with two attached hydrogens (primary N) is 1.